The maximum Gasteiger partial charge on any atom is 0.164 e. The number of hydrogen-bond donors (Lipinski definition) is 0. The summed E-state index contributed by atoms with van der Waals surface area (Å²) in [6.07, 6.45) is 1.71. The molecule has 21 heavy (non-hydrogen) atoms. The SMILES string of the molecule is COc1ccc(Cl)c(-n2c(CCl)nc3cc(Br)cnc32)c1. The van der Waals surface area contributed by atoms with E-state index < -0.39 is 0 Å². The Hall–Kier alpha value is -1.30. The van der Waals surface area contributed by atoms with Crippen molar-refractivity contribution in [2.75, 3.05) is 7.11 Å². The molecule has 0 saturated heterocycles. The van der Waals surface area contributed by atoms with Crippen LogP contribution in [0.3, 0.4) is 0 Å². The molecule has 1 aromatic carbocycles. The van der Waals surface area contributed by atoms with Crippen molar-refractivity contribution in [3.8, 4) is 11.4 Å². The number of aromatic nitrogens is 3. The third kappa shape index (κ3) is 2.61. The first-order valence-electron chi connectivity index (χ1n) is 6.07. The van der Waals surface area contributed by atoms with E-state index in [2.05, 4.69) is 25.9 Å². The zero-order chi connectivity index (χ0) is 15.0. The van der Waals surface area contributed by atoms with E-state index in [9.17, 15) is 0 Å². The van der Waals surface area contributed by atoms with Crippen LogP contribution in [0.25, 0.3) is 16.9 Å². The highest BCUT2D eigenvalue weighted by Crippen LogP contribution is 2.30. The summed E-state index contributed by atoms with van der Waals surface area (Å²) in [5, 5.41) is 0.575. The monoisotopic (exact) mass is 385 g/mol. The second-order valence-corrected chi connectivity index (χ2v) is 5.90. The quantitative estimate of drug-likeness (QED) is 0.618. The van der Waals surface area contributed by atoms with Gasteiger partial charge < -0.3 is 4.74 Å². The number of imidazole rings is 1. The Morgan fingerprint density at radius 2 is 2.14 bits per heavy atom. The smallest absolute Gasteiger partial charge is 0.164 e. The Balaban J connectivity index is 2.33. The molecule has 0 aliphatic rings. The Morgan fingerprint density at radius 3 is 2.86 bits per heavy atom. The average molecular weight is 387 g/mol. The van der Waals surface area contributed by atoms with Crippen LogP contribution in [-0.2, 0) is 5.88 Å². The molecule has 7 heteroatoms. The van der Waals surface area contributed by atoms with E-state index in [-0.39, 0.29) is 5.88 Å². The molecule has 0 bridgehead atoms. The minimum atomic E-state index is 0.252. The number of fused-ring (bicyclic) bond motifs is 1. The molecule has 0 N–H and O–H groups in total. The maximum absolute atomic E-state index is 6.32. The first-order valence-corrected chi connectivity index (χ1v) is 7.77. The molecule has 0 fully saturated rings. The first-order chi connectivity index (χ1) is 10.1. The summed E-state index contributed by atoms with van der Waals surface area (Å²) in [4.78, 5) is 8.92. The molecule has 0 spiro atoms. The number of pyridine rings is 1. The minimum absolute atomic E-state index is 0.252. The summed E-state index contributed by atoms with van der Waals surface area (Å²) in [5.74, 6) is 1.63. The van der Waals surface area contributed by atoms with Gasteiger partial charge in [-0.2, -0.15) is 0 Å². The van der Waals surface area contributed by atoms with Crippen LogP contribution < -0.4 is 4.74 Å². The van der Waals surface area contributed by atoms with Gasteiger partial charge in [-0.3, -0.25) is 4.57 Å². The van der Waals surface area contributed by atoms with Gasteiger partial charge in [0, 0.05) is 16.7 Å². The molecule has 0 radical (unpaired) electrons. The number of nitrogens with zero attached hydrogens (tertiary/aromatic N) is 3. The fourth-order valence-corrected chi connectivity index (χ4v) is 2.82. The Labute approximate surface area is 139 Å². The van der Waals surface area contributed by atoms with Crippen LogP contribution in [-0.4, -0.2) is 21.6 Å². The number of halogens is 3. The van der Waals surface area contributed by atoms with Crippen LogP contribution in [0.2, 0.25) is 5.02 Å². The molecule has 0 aliphatic carbocycles. The highest BCUT2D eigenvalue weighted by Gasteiger charge is 2.16. The lowest BCUT2D eigenvalue weighted by atomic mass is 10.3. The van der Waals surface area contributed by atoms with Crippen LogP contribution in [0.1, 0.15) is 5.82 Å². The fourth-order valence-electron chi connectivity index (χ4n) is 2.12. The van der Waals surface area contributed by atoms with Crippen molar-refractivity contribution in [2.45, 2.75) is 5.88 Å². The van der Waals surface area contributed by atoms with Crippen molar-refractivity contribution >= 4 is 50.3 Å². The fraction of sp³-hybridized carbons (Fsp3) is 0.143. The molecular weight excluding hydrogens is 377 g/mol. The van der Waals surface area contributed by atoms with E-state index >= 15 is 0 Å². The van der Waals surface area contributed by atoms with E-state index in [0.717, 1.165) is 15.7 Å². The van der Waals surface area contributed by atoms with E-state index in [0.29, 0.717) is 22.2 Å². The van der Waals surface area contributed by atoms with Gasteiger partial charge >= 0.3 is 0 Å². The molecule has 2 heterocycles. The second-order valence-electron chi connectivity index (χ2n) is 4.31. The van der Waals surface area contributed by atoms with Crippen molar-refractivity contribution in [2.24, 2.45) is 0 Å². The zero-order valence-electron chi connectivity index (χ0n) is 11.0. The number of alkyl halides is 1. The highest BCUT2D eigenvalue weighted by molar-refractivity contribution is 9.10. The summed E-state index contributed by atoms with van der Waals surface area (Å²) < 4.78 is 7.96. The second kappa shape index (κ2) is 5.83. The molecule has 3 aromatic rings. The van der Waals surface area contributed by atoms with E-state index in [1.807, 2.05) is 16.7 Å². The van der Waals surface area contributed by atoms with Gasteiger partial charge in [0.15, 0.2) is 5.65 Å². The van der Waals surface area contributed by atoms with Crippen LogP contribution in [0, 0.1) is 0 Å². The van der Waals surface area contributed by atoms with Crippen molar-refractivity contribution in [3.63, 3.8) is 0 Å². The molecule has 0 atom stereocenters. The Morgan fingerprint density at radius 1 is 1.33 bits per heavy atom. The Kier molecular flexibility index (Phi) is 4.06. The Bertz CT molecular complexity index is 819. The van der Waals surface area contributed by atoms with Gasteiger partial charge in [-0.15, -0.1) is 11.6 Å². The van der Waals surface area contributed by atoms with Gasteiger partial charge in [0.1, 0.15) is 17.1 Å². The molecule has 3 rings (SSSR count). The predicted molar refractivity (Wildman–Crippen MR) is 87.7 cm³/mol. The molecule has 0 unspecified atom stereocenters. The third-order valence-corrected chi connectivity index (χ3v) is 4.04. The molecule has 0 aliphatic heterocycles. The van der Waals surface area contributed by atoms with Gasteiger partial charge in [0.05, 0.1) is 23.7 Å². The lowest BCUT2D eigenvalue weighted by Crippen LogP contribution is -2.01. The summed E-state index contributed by atoms with van der Waals surface area (Å²) in [5.41, 5.74) is 2.19. The normalized spacial score (nSPS) is 11.0. The number of methoxy groups -OCH3 is 1. The van der Waals surface area contributed by atoms with Gasteiger partial charge in [0.2, 0.25) is 0 Å². The maximum atomic E-state index is 6.32. The zero-order valence-corrected chi connectivity index (χ0v) is 14.1. The van der Waals surface area contributed by atoms with Gasteiger partial charge in [-0.25, -0.2) is 9.97 Å². The molecular formula is C14H10BrCl2N3O. The summed E-state index contributed by atoms with van der Waals surface area (Å²) >= 11 is 15.7. The number of ether oxygens (including phenoxy) is 1. The molecule has 108 valence electrons. The van der Waals surface area contributed by atoms with Crippen molar-refractivity contribution < 1.29 is 4.74 Å². The topological polar surface area (TPSA) is 39.9 Å². The largest absolute Gasteiger partial charge is 0.497 e. The van der Waals surface area contributed by atoms with E-state index in [1.54, 1.807) is 25.4 Å². The predicted octanol–water partition coefficient (Wildman–Crippen LogP) is 4.58. The summed E-state index contributed by atoms with van der Waals surface area (Å²) in [7, 11) is 1.61. The van der Waals surface area contributed by atoms with Gasteiger partial charge in [-0.05, 0) is 34.1 Å². The standard InChI is InChI=1S/C14H10BrCl2N3O/c1-21-9-2-3-10(17)12(5-9)20-13(6-16)19-11-4-8(15)7-18-14(11)20/h2-5,7H,6H2,1H3. The van der Waals surface area contributed by atoms with Crippen molar-refractivity contribution in [3.05, 3.63) is 45.8 Å². The number of rotatable bonds is 3. The molecule has 0 amide bonds. The lowest BCUT2D eigenvalue weighted by molar-refractivity contribution is 0.414. The molecule has 0 saturated carbocycles. The van der Waals surface area contributed by atoms with Crippen molar-refractivity contribution in [1.82, 2.24) is 14.5 Å². The van der Waals surface area contributed by atoms with Gasteiger partial charge in [0.25, 0.3) is 0 Å². The summed E-state index contributed by atoms with van der Waals surface area (Å²) in [6.45, 7) is 0. The third-order valence-electron chi connectivity index (χ3n) is 3.05. The van der Waals surface area contributed by atoms with Crippen molar-refractivity contribution in [1.29, 1.82) is 0 Å². The first kappa shape index (κ1) is 14.6. The molecule has 2 aromatic heterocycles. The van der Waals surface area contributed by atoms with E-state index in [1.165, 1.54) is 0 Å². The van der Waals surface area contributed by atoms with Crippen LogP contribution in [0.15, 0.2) is 34.9 Å². The van der Waals surface area contributed by atoms with Gasteiger partial charge in [-0.1, -0.05) is 11.6 Å². The molecule has 4 nitrogen and oxygen atoms in total. The highest BCUT2D eigenvalue weighted by atomic mass is 79.9. The van der Waals surface area contributed by atoms with Crippen LogP contribution in [0.5, 0.6) is 5.75 Å². The lowest BCUT2D eigenvalue weighted by Gasteiger charge is -2.11. The van der Waals surface area contributed by atoms with E-state index in [4.69, 9.17) is 27.9 Å². The number of hydrogen-bond acceptors (Lipinski definition) is 3. The minimum Gasteiger partial charge on any atom is -0.497 e. The summed E-state index contributed by atoms with van der Waals surface area (Å²) in [6, 6.07) is 7.31. The van der Waals surface area contributed by atoms with Crippen LogP contribution >= 0.6 is 39.1 Å². The van der Waals surface area contributed by atoms with Crippen LogP contribution in [0.4, 0.5) is 0 Å². The number of benzene rings is 1. The average Bonchev–Trinajstić information content (AvgIpc) is 2.85.